The topological polar surface area (TPSA) is 40.5 Å². The van der Waals surface area contributed by atoms with Crippen LogP contribution in [0.3, 0.4) is 0 Å². The second kappa shape index (κ2) is 6.54. The number of thiophene rings is 1. The van der Waals surface area contributed by atoms with Crippen molar-refractivity contribution in [2.24, 2.45) is 5.41 Å². The zero-order chi connectivity index (χ0) is 18.4. The lowest BCUT2D eigenvalue weighted by molar-refractivity contribution is 0.0696. The molecule has 1 aromatic heterocycles. The van der Waals surface area contributed by atoms with Gasteiger partial charge in [-0.15, -0.1) is 11.3 Å². The lowest BCUT2D eigenvalue weighted by Gasteiger charge is -2.29. The lowest BCUT2D eigenvalue weighted by atomic mass is 9.76. The summed E-state index contributed by atoms with van der Waals surface area (Å²) < 4.78 is 14.7. The Bertz CT molecular complexity index is 823. The Kier molecular flexibility index (Phi) is 4.73. The molecule has 3 nitrogen and oxygen atoms in total. The van der Waals surface area contributed by atoms with Gasteiger partial charge in [0.2, 0.25) is 0 Å². The van der Waals surface area contributed by atoms with Gasteiger partial charge in [-0.1, -0.05) is 26.0 Å². The van der Waals surface area contributed by atoms with Crippen LogP contribution in [0.1, 0.15) is 46.6 Å². The van der Waals surface area contributed by atoms with Crippen LogP contribution in [0.25, 0.3) is 10.4 Å². The SMILES string of the molecule is CN(C)Cc1cccc(F)c1-c1sc2c(c1C(=O)O)CC(C)(C)CC2. The molecule has 1 aliphatic carbocycles. The number of aryl methyl sites for hydroxylation is 1. The lowest BCUT2D eigenvalue weighted by Crippen LogP contribution is -2.22. The number of fused-ring (bicyclic) bond motifs is 1. The van der Waals surface area contributed by atoms with Crippen molar-refractivity contribution in [1.29, 1.82) is 0 Å². The molecule has 5 heteroatoms. The fraction of sp³-hybridized carbons (Fsp3) is 0.450. The van der Waals surface area contributed by atoms with Crippen LogP contribution in [0.2, 0.25) is 0 Å². The van der Waals surface area contributed by atoms with Gasteiger partial charge in [-0.05, 0) is 56.0 Å². The molecule has 134 valence electrons. The van der Waals surface area contributed by atoms with Gasteiger partial charge < -0.3 is 10.0 Å². The van der Waals surface area contributed by atoms with Gasteiger partial charge in [0.15, 0.2) is 0 Å². The molecule has 0 saturated heterocycles. The van der Waals surface area contributed by atoms with E-state index in [1.807, 2.05) is 25.1 Å². The van der Waals surface area contributed by atoms with Gasteiger partial charge in [0.25, 0.3) is 0 Å². The van der Waals surface area contributed by atoms with Gasteiger partial charge in [-0.2, -0.15) is 0 Å². The van der Waals surface area contributed by atoms with Gasteiger partial charge in [-0.25, -0.2) is 9.18 Å². The summed E-state index contributed by atoms with van der Waals surface area (Å²) >= 11 is 1.46. The summed E-state index contributed by atoms with van der Waals surface area (Å²) in [6, 6.07) is 4.99. The summed E-state index contributed by atoms with van der Waals surface area (Å²) in [6.07, 6.45) is 2.63. The van der Waals surface area contributed by atoms with Crippen molar-refractivity contribution >= 4 is 17.3 Å². The van der Waals surface area contributed by atoms with E-state index in [0.29, 0.717) is 22.5 Å². The van der Waals surface area contributed by atoms with Crippen LogP contribution >= 0.6 is 11.3 Å². The van der Waals surface area contributed by atoms with Crippen LogP contribution in [-0.2, 0) is 19.4 Å². The monoisotopic (exact) mass is 361 g/mol. The summed E-state index contributed by atoms with van der Waals surface area (Å²) in [6.45, 7) is 4.90. The van der Waals surface area contributed by atoms with E-state index in [1.165, 1.54) is 17.4 Å². The van der Waals surface area contributed by atoms with Crippen LogP contribution in [-0.4, -0.2) is 30.1 Å². The van der Waals surface area contributed by atoms with E-state index in [0.717, 1.165) is 35.3 Å². The Balaban J connectivity index is 2.23. The Morgan fingerprint density at radius 3 is 2.72 bits per heavy atom. The maximum absolute atomic E-state index is 14.7. The van der Waals surface area contributed by atoms with Crippen LogP contribution < -0.4 is 0 Å². The predicted molar refractivity (Wildman–Crippen MR) is 99.9 cm³/mol. The molecule has 0 spiro atoms. The van der Waals surface area contributed by atoms with Crippen molar-refractivity contribution in [1.82, 2.24) is 4.90 Å². The summed E-state index contributed by atoms with van der Waals surface area (Å²) in [4.78, 5) is 15.7. The number of benzene rings is 1. The van der Waals surface area contributed by atoms with Crippen LogP contribution in [0.15, 0.2) is 18.2 Å². The smallest absolute Gasteiger partial charge is 0.337 e. The summed E-state index contributed by atoms with van der Waals surface area (Å²) in [5.41, 5.74) is 2.56. The van der Waals surface area contributed by atoms with E-state index in [-0.39, 0.29) is 11.2 Å². The molecule has 0 radical (unpaired) electrons. The Hall–Kier alpha value is -1.72. The standard InChI is InChI=1S/C20H24FNO2S/c1-20(2)9-8-15-13(10-20)17(19(23)24)18(25-15)16-12(11-22(3)4)6-5-7-14(16)21/h5-7H,8-11H2,1-4H3,(H,23,24). The van der Waals surface area contributed by atoms with Crippen LogP contribution in [0.5, 0.6) is 0 Å². The molecule has 0 unspecified atom stereocenters. The maximum Gasteiger partial charge on any atom is 0.337 e. The molecular weight excluding hydrogens is 337 g/mol. The average Bonchev–Trinajstić information content (AvgIpc) is 2.83. The van der Waals surface area contributed by atoms with E-state index in [2.05, 4.69) is 13.8 Å². The minimum atomic E-state index is -0.954. The highest BCUT2D eigenvalue weighted by Crippen LogP contribution is 2.46. The minimum Gasteiger partial charge on any atom is -0.478 e. The van der Waals surface area contributed by atoms with Gasteiger partial charge >= 0.3 is 5.97 Å². The van der Waals surface area contributed by atoms with Gasteiger partial charge in [-0.3, -0.25) is 0 Å². The highest BCUT2D eigenvalue weighted by atomic mass is 32.1. The molecule has 0 atom stereocenters. The number of halogens is 1. The van der Waals surface area contributed by atoms with E-state index < -0.39 is 5.97 Å². The average molecular weight is 361 g/mol. The number of carboxylic acids is 1. The number of nitrogens with zero attached hydrogens (tertiary/aromatic N) is 1. The first-order valence-corrected chi connectivity index (χ1v) is 9.31. The van der Waals surface area contributed by atoms with Crippen molar-refractivity contribution in [3.05, 3.63) is 45.6 Å². The van der Waals surface area contributed by atoms with Crippen LogP contribution in [0, 0.1) is 11.2 Å². The number of carbonyl (C=O) groups is 1. The third-order valence-corrected chi connectivity index (χ3v) is 6.11. The second-order valence-electron chi connectivity index (χ2n) is 7.87. The maximum atomic E-state index is 14.7. The Morgan fingerprint density at radius 2 is 2.08 bits per heavy atom. The van der Waals surface area contributed by atoms with Crippen molar-refractivity contribution < 1.29 is 14.3 Å². The highest BCUT2D eigenvalue weighted by molar-refractivity contribution is 7.16. The normalized spacial score (nSPS) is 16.1. The first-order valence-electron chi connectivity index (χ1n) is 8.50. The first kappa shape index (κ1) is 18.1. The van der Waals surface area contributed by atoms with Gasteiger partial charge in [0, 0.05) is 17.0 Å². The van der Waals surface area contributed by atoms with E-state index in [4.69, 9.17) is 0 Å². The largest absolute Gasteiger partial charge is 0.478 e. The summed E-state index contributed by atoms with van der Waals surface area (Å²) in [5.74, 6) is -1.30. The van der Waals surface area contributed by atoms with Gasteiger partial charge in [0.05, 0.1) is 10.4 Å². The molecule has 0 fully saturated rings. The van der Waals surface area contributed by atoms with Crippen molar-refractivity contribution in [3.8, 4) is 10.4 Å². The third-order valence-electron chi connectivity index (χ3n) is 4.80. The number of aromatic carboxylic acids is 1. The summed E-state index contributed by atoms with van der Waals surface area (Å²) in [5, 5.41) is 9.88. The molecule has 0 aliphatic heterocycles. The van der Waals surface area contributed by atoms with E-state index in [1.54, 1.807) is 6.07 Å². The molecule has 1 aliphatic rings. The van der Waals surface area contributed by atoms with Crippen LogP contribution in [0.4, 0.5) is 4.39 Å². The van der Waals surface area contributed by atoms with Crippen molar-refractivity contribution in [2.45, 2.75) is 39.7 Å². The zero-order valence-electron chi connectivity index (χ0n) is 15.1. The third kappa shape index (κ3) is 3.48. The number of rotatable bonds is 4. The molecule has 1 N–H and O–H groups in total. The molecule has 0 amide bonds. The molecular formula is C20H24FNO2S. The summed E-state index contributed by atoms with van der Waals surface area (Å²) in [7, 11) is 3.85. The zero-order valence-corrected chi connectivity index (χ0v) is 16.0. The second-order valence-corrected chi connectivity index (χ2v) is 8.97. The Morgan fingerprint density at radius 1 is 1.36 bits per heavy atom. The molecule has 0 saturated carbocycles. The highest BCUT2D eigenvalue weighted by Gasteiger charge is 2.34. The molecule has 0 bridgehead atoms. The fourth-order valence-electron chi connectivity index (χ4n) is 3.62. The van der Waals surface area contributed by atoms with Crippen molar-refractivity contribution in [3.63, 3.8) is 0 Å². The fourth-order valence-corrected chi connectivity index (χ4v) is 5.01. The first-order chi connectivity index (χ1) is 11.7. The van der Waals surface area contributed by atoms with Crippen molar-refractivity contribution in [2.75, 3.05) is 14.1 Å². The predicted octanol–water partition coefficient (Wildman–Crippen LogP) is 4.83. The minimum absolute atomic E-state index is 0.0806. The molecule has 25 heavy (non-hydrogen) atoms. The van der Waals surface area contributed by atoms with E-state index in [9.17, 15) is 14.3 Å². The quantitative estimate of drug-likeness (QED) is 0.848. The number of carboxylic acid groups (broad SMARTS) is 1. The number of hydrogen-bond acceptors (Lipinski definition) is 3. The Labute approximate surface area is 152 Å². The molecule has 2 aromatic rings. The van der Waals surface area contributed by atoms with Gasteiger partial charge in [0.1, 0.15) is 5.82 Å². The molecule has 1 heterocycles. The number of hydrogen-bond donors (Lipinski definition) is 1. The molecule has 3 rings (SSSR count). The van der Waals surface area contributed by atoms with E-state index >= 15 is 0 Å². The molecule has 1 aromatic carbocycles.